The molecule has 6 heteroatoms. The third-order valence-corrected chi connectivity index (χ3v) is 13.4. The van der Waals surface area contributed by atoms with Crippen molar-refractivity contribution in [2.75, 3.05) is 0 Å². The second kappa shape index (κ2) is 11.0. The molecule has 11 rings (SSSR count). The number of hydrogen-bond acceptors (Lipinski definition) is 4. The molecular formula is C48H30N4S2. The van der Waals surface area contributed by atoms with Crippen LogP contribution in [0.5, 0.6) is 0 Å². The standard InChI is InChI=1S/C48H30N4S2/c1-48(2,3)47-31(25-49)37(51-33-16-8-4-12-27(33)43-35(51)20-22-41-45(43)29-14-6-10-18-39(29)53-41)24-38(32(47)26-50)52-34-17-9-5-13-28(34)44-36(52)21-23-42-46(44)30-15-7-11-19-40(30)54-42/h4-24H,1-3H3. The molecule has 0 N–H and O–H groups in total. The van der Waals surface area contributed by atoms with Gasteiger partial charge in [-0.3, -0.25) is 0 Å². The van der Waals surface area contributed by atoms with Gasteiger partial charge < -0.3 is 9.13 Å². The summed E-state index contributed by atoms with van der Waals surface area (Å²) in [6.45, 7) is 6.33. The minimum Gasteiger partial charge on any atom is -0.308 e. The van der Waals surface area contributed by atoms with E-state index in [-0.39, 0.29) is 0 Å². The fraction of sp³-hybridized carbons (Fsp3) is 0.0833. The van der Waals surface area contributed by atoms with Crippen LogP contribution in [0.3, 0.4) is 0 Å². The van der Waals surface area contributed by atoms with Crippen LogP contribution in [0.15, 0.2) is 127 Å². The molecule has 0 saturated heterocycles. The van der Waals surface area contributed by atoms with Crippen molar-refractivity contribution in [3.05, 3.63) is 144 Å². The van der Waals surface area contributed by atoms with Gasteiger partial charge in [-0.05, 0) is 65.6 Å². The van der Waals surface area contributed by atoms with Gasteiger partial charge in [-0.25, -0.2) is 0 Å². The van der Waals surface area contributed by atoms with E-state index in [1.54, 1.807) is 0 Å². The molecule has 7 aromatic carbocycles. The van der Waals surface area contributed by atoms with Crippen molar-refractivity contribution in [3.8, 4) is 23.5 Å². The van der Waals surface area contributed by atoms with Crippen molar-refractivity contribution >= 4 is 107 Å². The average Bonchev–Trinajstić information content (AvgIpc) is 3.93. The molecule has 0 fully saturated rings. The number of fused-ring (bicyclic) bond motifs is 14. The molecule has 0 amide bonds. The van der Waals surface area contributed by atoms with Crippen LogP contribution in [0.4, 0.5) is 0 Å². The quantitative estimate of drug-likeness (QED) is 0.178. The van der Waals surface area contributed by atoms with Crippen LogP contribution >= 0.6 is 22.7 Å². The van der Waals surface area contributed by atoms with E-state index in [9.17, 15) is 10.5 Å². The zero-order chi connectivity index (χ0) is 36.5. The van der Waals surface area contributed by atoms with Crippen molar-refractivity contribution in [1.82, 2.24) is 9.13 Å². The molecule has 54 heavy (non-hydrogen) atoms. The Balaban J connectivity index is 1.34. The van der Waals surface area contributed by atoms with Crippen molar-refractivity contribution in [1.29, 1.82) is 10.5 Å². The van der Waals surface area contributed by atoms with Crippen molar-refractivity contribution < 1.29 is 0 Å². The highest BCUT2D eigenvalue weighted by atomic mass is 32.1. The van der Waals surface area contributed by atoms with Gasteiger partial charge in [-0.1, -0.05) is 93.6 Å². The summed E-state index contributed by atoms with van der Waals surface area (Å²) in [5.41, 5.74) is 6.93. The lowest BCUT2D eigenvalue weighted by atomic mass is 9.79. The zero-order valence-electron chi connectivity index (χ0n) is 29.7. The first-order chi connectivity index (χ1) is 26.4. The highest BCUT2D eigenvalue weighted by molar-refractivity contribution is 7.26. The molecule has 0 bridgehead atoms. The fourth-order valence-corrected chi connectivity index (χ4v) is 11.3. The van der Waals surface area contributed by atoms with Gasteiger partial charge in [0.05, 0.1) is 44.6 Å². The molecular weight excluding hydrogens is 697 g/mol. The van der Waals surface area contributed by atoms with Crippen LogP contribution in [0.2, 0.25) is 0 Å². The van der Waals surface area contributed by atoms with Crippen molar-refractivity contribution in [2.45, 2.75) is 26.2 Å². The molecule has 0 aliphatic rings. The SMILES string of the molecule is CC(C)(C)c1c(C#N)c(-n2c3ccccc3c3c4c(ccc32)sc2ccccc24)cc(-n2c3ccccc3c3c4c(ccc32)sc2ccccc24)c1C#N. The highest BCUT2D eigenvalue weighted by Gasteiger charge is 2.31. The number of rotatable bonds is 2. The van der Waals surface area contributed by atoms with E-state index in [4.69, 9.17) is 0 Å². The van der Waals surface area contributed by atoms with Gasteiger partial charge in [0.15, 0.2) is 0 Å². The lowest BCUT2D eigenvalue weighted by Crippen LogP contribution is -2.19. The molecule has 0 aliphatic heterocycles. The van der Waals surface area contributed by atoms with Gasteiger partial charge >= 0.3 is 0 Å². The molecule has 0 unspecified atom stereocenters. The van der Waals surface area contributed by atoms with Gasteiger partial charge in [-0.2, -0.15) is 10.5 Å². The summed E-state index contributed by atoms with van der Waals surface area (Å²) in [5.74, 6) is 0. The van der Waals surface area contributed by atoms with Gasteiger partial charge in [-0.15, -0.1) is 22.7 Å². The highest BCUT2D eigenvalue weighted by Crippen LogP contribution is 2.48. The topological polar surface area (TPSA) is 57.4 Å². The fourth-order valence-electron chi connectivity index (χ4n) is 9.05. The molecule has 11 aromatic rings. The van der Waals surface area contributed by atoms with Gasteiger partial charge in [0.1, 0.15) is 12.1 Å². The van der Waals surface area contributed by atoms with Crippen LogP contribution in [0.25, 0.3) is 95.3 Å². The van der Waals surface area contributed by atoms with Gasteiger partial charge in [0.25, 0.3) is 0 Å². The van der Waals surface area contributed by atoms with Gasteiger partial charge in [0.2, 0.25) is 0 Å². The van der Waals surface area contributed by atoms with E-state index in [1.807, 2.05) is 22.7 Å². The maximum atomic E-state index is 11.2. The molecule has 0 aliphatic carbocycles. The number of para-hydroxylation sites is 2. The Labute approximate surface area is 318 Å². The van der Waals surface area contributed by atoms with E-state index in [0.717, 1.165) is 49.8 Å². The Morgan fingerprint density at radius 1 is 0.444 bits per heavy atom. The molecule has 4 heterocycles. The van der Waals surface area contributed by atoms with E-state index in [0.29, 0.717) is 11.1 Å². The summed E-state index contributed by atoms with van der Waals surface area (Å²) < 4.78 is 9.52. The molecule has 254 valence electrons. The molecule has 0 atom stereocenters. The second-order valence-electron chi connectivity index (χ2n) is 15.1. The Hall–Kier alpha value is -6.44. The van der Waals surface area contributed by atoms with Crippen molar-refractivity contribution in [3.63, 3.8) is 0 Å². The monoisotopic (exact) mass is 726 g/mol. The first kappa shape index (κ1) is 31.1. The minimum atomic E-state index is -0.522. The molecule has 0 radical (unpaired) electrons. The number of thiophene rings is 2. The van der Waals surface area contributed by atoms with Crippen LogP contribution in [0, 0.1) is 22.7 Å². The largest absolute Gasteiger partial charge is 0.308 e. The van der Waals surface area contributed by atoms with Crippen LogP contribution in [-0.2, 0) is 5.41 Å². The molecule has 0 spiro atoms. The first-order valence-electron chi connectivity index (χ1n) is 18.1. The predicted molar refractivity (Wildman–Crippen MR) is 229 cm³/mol. The minimum absolute atomic E-state index is 0.521. The van der Waals surface area contributed by atoms with Crippen LogP contribution in [-0.4, -0.2) is 9.13 Å². The number of hydrogen-bond donors (Lipinski definition) is 0. The van der Waals surface area contributed by atoms with Gasteiger partial charge in [0, 0.05) is 61.9 Å². The number of benzene rings is 7. The smallest absolute Gasteiger partial charge is 0.102 e. The Bertz CT molecular complexity index is 3290. The summed E-state index contributed by atoms with van der Waals surface area (Å²) in [7, 11) is 0. The summed E-state index contributed by atoms with van der Waals surface area (Å²) >= 11 is 3.63. The van der Waals surface area contributed by atoms with E-state index in [1.165, 1.54) is 51.1 Å². The zero-order valence-corrected chi connectivity index (χ0v) is 31.4. The third kappa shape index (κ3) is 4.04. The second-order valence-corrected chi connectivity index (χ2v) is 17.2. The van der Waals surface area contributed by atoms with Crippen LogP contribution in [0.1, 0.15) is 37.5 Å². The van der Waals surface area contributed by atoms with Crippen molar-refractivity contribution in [2.24, 2.45) is 0 Å². The average molecular weight is 727 g/mol. The Morgan fingerprint density at radius 3 is 1.28 bits per heavy atom. The van der Waals surface area contributed by atoms with E-state index in [2.05, 4.69) is 169 Å². The summed E-state index contributed by atoms with van der Waals surface area (Å²) in [6.07, 6.45) is 0. The van der Waals surface area contributed by atoms with E-state index >= 15 is 0 Å². The predicted octanol–water partition coefficient (Wildman–Crippen LogP) is 13.7. The summed E-state index contributed by atoms with van der Waals surface area (Å²) in [4.78, 5) is 0. The summed E-state index contributed by atoms with van der Waals surface area (Å²) in [6, 6.07) is 50.6. The maximum Gasteiger partial charge on any atom is 0.102 e. The third-order valence-electron chi connectivity index (χ3n) is 11.1. The number of aromatic nitrogens is 2. The number of nitrogens with zero attached hydrogens (tertiary/aromatic N) is 4. The normalized spacial score (nSPS) is 12.3. The Kier molecular flexibility index (Phi) is 6.36. The Morgan fingerprint density at radius 2 is 0.852 bits per heavy atom. The lowest BCUT2D eigenvalue weighted by Gasteiger charge is -2.27. The number of nitriles is 2. The molecule has 0 saturated carbocycles. The first-order valence-corrected chi connectivity index (χ1v) is 19.7. The summed E-state index contributed by atoms with van der Waals surface area (Å²) in [5, 5.41) is 32.0. The molecule has 4 aromatic heterocycles. The van der Waals surface area contributed by atoms with E-state index < -0.39 is 5.41 Å². The molecule has 4 nitrogen and oxygen atoms in total. The van der Waals surface area contributed by atoms with Crippen LogP contribution < -0.4 is 0 Å². The maximum absolute atomic E-state index is 11.2. The lowest BCUT2D eigenvalue weighted by molar-refractivity contribution is 0.586.